The zero-order chi connectivity index (χ0) is 8.43. The predicted octanol–water partition coefficient (Wildman–Crippen LogP) is 2.88. The van der Waals surface area contributed by atoms with E-state index in [2.05, 4.69) is 0 Å². The molecule has 0 aliphatic carbocycles. The lowest BCUT2D eigenvalue weighted by molar-refractivity contribution is 0.620. The van der Waals surface area contributed by atoms with Crippen molar-refractivity contribution < 1.29 is 4.39 Å². The lowest BCUT2D eigenvalue weighted by Gasteiger charge is -2.04. The lowest BCUT2D eigenvalue weighted by Crippen LogP contribution is -1.95. The summed E-state index contributed by atoms with van der Waals surface area (Å²) < 4.78 is 13.0. The van der Waals surface area contributed by atoms with Crippen molar-refractivity contribution in [2.24, 2.45) is 0 Å². The average Bonchev–Trinajstić information content (AvgIpc) is 1.94. The van der Waals surface area contributed by atoms with Gasteiger partial charge in [0.05, 0.1) is 5.69 Å². The van der Waals surface area contributed by atoms with Gasteiger partial charge in [-0.1, -0.05) is 35.3 Å². The molecule has 0 bridgehead atoms. The Bertz CT molecular complexity index is 263. The highest BCUT2D eigenvalue weighted by Gasteiger charge is 2.10. The smallest absolute Gasteiger partial charge is 0.151 e. The van der Waals surface area contributed by atoms with Gasteiger partial charge in [0.15, 0.2) is 5.82 Å². The molecule has 2 N–H and O–H groups in total. The molecule has 0 spiro atoms. The second-order valence-corrected chi connectivity index (χ2v) is 3.15. The zero-order valence-electron chi connectivity index (χ0n) is 5.52. The zero-order valence-corrected chi connectivity index (χ0v) is 7.03. The van der Waals surface area contributed by atoms with Crippen LogP contribution < -0.4 is 5.73 Å². The van der Waals surface area contributed by atoms with E-state index in [1.165, 1.54) is 12.1 Å². The Morgan fingerprint density at radius 2 is 2.00 bits per heavy atom. The van der Waals surface area contributed by atoms with Crippen molar-refractivity contribution in [3.8, 4) is 0 Å². The molecule has 1 aromatic carbocycles. The van der Waals surface area contributed by atoms with Crippen molar-refractivity contribution in [3.63, 3.8) is 0 Å². The molecule has 1 rings (SSSR count). The number of benzene rings is 1. The molecule has 0 unspecified atom stereocenters. The maximum absolute atomic E-state index is 13.0. The highest BCUT2D eigenvalue weighted by Crippen LogP contribution is 2.28. The molecule has 0 radical (unpaired) electrons. The molecule has 0 aromatic heterocycles. The van der Waals surface area contributed by atoms with Gasteiger partial charge < -0.3 is 5.73 Å². The minimum atomic E-state index is -0.862. The molecule has 11 heavy (non-hydrogen) atoms. The number of nitrogen functional groups attached to an aromatic ring is 1. The number of anilines is 1. The summed E-state index contributed by atoms with van der Waals surface area (Å²) in [6.07, 6.45) is 0. The van der Waals surface area contributed by atoms with Crippen LogP contribution >= 0.6 is 23.2 Å². The first-order chi connectivity index (χ1) is 5.13. The summed E-state index contributed by atoms with van der Waals surface area (Å²) in [7, 11) is 0. The highest BCUT2D eigenvalue weighted by molar-refractivity contribution is 6.44. The van der Waals surface area contributed by atoms with Crippen LogP contribution in [0, 0.1) is 5.82 Å². The van der Waals surface area contributed by atoms with Gasteiger partial charge in [-0.3, -0.25) is 0 Å². The standard InChI is InChI=1S/C7H6Cl2FN/c8-7(9)4-2-1-3-5(11)6(4)10/h1-3,7H,11H2. The Labute approximate surface area is 73.9 Å². The number of hydrogen-bond acceptors (Lipinski definition) is 1. The summed E-state index contributed by atoms with van der Waals surface area (Å²) in [6, 6.07) is 4.55. The number of halogens is 3. The van der Waals surface area contributed by atoms with Crippen molar-refractivity contribution >= 4 is 28.9 Å². The van der Waals surface area contributed by atoms with Gasteiger partial charge in [0.1, 0.15) is 4.84 Å². The fourth-order valence-corrected chi connectivity index (χ4v) is 1.07. The molecule has 4 heteroatoms. The second kappa shape index (κ2) is 3.28. The largest absolute Gasteiger partial charge is 0.396 e. The fraction of sp³-hybridized carbons (Fsp3) is 0.143. The van der Waals surface area contributed by atoms with Gasteiger partial charge in [-0.05, 0) is 6.07 Å². The van der Waals surface area contributed by atoms with E-state index in [1.807, 2.05) is 0 Å². The first-order valence-electron chi connectivity index (χ1n) is 2.95. The normalized spacial score (nSPS) is 10.5. The van der Waals surface area contributed by atoms with Gasteiger partial charge in [-0.15, -0.1) is 0 Å². The van der Waals surface area contributed by atoms with Crippen molar-refractivity contribution in [1.82, 2.24) is 0 Å². The van der Waals surface area contributed by atoms with Crippen molar-refractivity contribution in [1.29, 1.82) is 0 Å². The van der Waals surface area contributed by atoms with Crippen LogP contribution in [0.15, 0.2) is 18.2 Å². The molecule has 1 aromatic rings. The molecule has 0 aliphatic heterocycles. The average molecular weight is 194 g/mol. The molecule has 0 aliphatic rings. The molecule has 60 valence electrons. The summed E-state index contributed by atoms with van der Waals surface area (Å²) in [6.45, 7) is 0. The van der Waals surface area contributed by atoms with Gasteiger partial charge in [-0.25, -0.2) is 4.39 Å². The summed E-state index contributed by atoms with van der Waals surface area (Å²) in [5, 5.41) is 0. The van der Waals surface area contributed by atoms with Crippen LogP contribution in [-0.2, 0) is 0 Å². The quantitative estimate of drug-likeness (QED) is 0.539. The number of alkyl halides is 2. The van der Waals surface area contributed by atoms with Crippen LogP contribution in [0.2, 0.25) is 0 Å². The SMILES string of the molecule is Nc1cccc(C(Cl)Cl)c1F. The predicted molar refractivity (Wildman–Crippen MR) is 45.3 cm³/mol. The lowest BCUT2D eigenvalue weighted by atomic mass is 10.2. The molecular weight excluding hydrogens is 188 g/mol. The van der Waals surface area contributed by atoms with E-state index >= 15 is 0 Å². The van der Waals surface area contributed by atoms with E-state index in [1.54, 1.807) is 6.07 Å². The van der Waals surface area contributed by atoms with E-state index in [0.29, 0.717) is 0 Å². The summed E-state index contributed by atoms with van der Waals surface area (Å²) >= 11 is 10.9. The second-order valence-electron chi connectivity index (χ2n) is 2.05. The van der Waals surface area contributed by atoms with E-state index < -0.39 is 10.7 Å². The number of hydrogen-bond donors (Lipinski definition) is 1. The Hall–Kier alpha value is -0.470. The Morgan fingerprint density at radius 1 is 1.36 bits per heavy atom. The van der Waals surface area contributed by atoms with E-state index in [4.69, 9.17) is 28.9 Å². The minimum absolute atomic E-state index is 0.0637. The topological polar surface area (TPSA) is 26.0 Å². The van der Waals surface area contributed by atoms with Crippen LogP contribution in [0.1, 0.15) is 10.4 Å². The van der Waals surface area contributed by atoms with Crippen molar-refractivity contribution in [2.45, 2.75) is 4.84 Å². The van der Waals surface area contributed by atoms with Gasteiger partial charge in [0.25, 0.3) is 0 Å². The summed E-state index contributed by atoms with van der Waals surface area (Å²) in [4.78, 5) is -0.862. The van der Waals surface area contributed by atoms with Crippen LogP contribution in [0.25, 0.3) is 0 Å². The number of rotatable bonds is 1. The third-order valence-electron chi connectivity index (χ3n) is 1.29. The molecule has 0 saturated heterocycles. The van der Waals surface area contributed by atoms with Gasteiger partial charge in [0, 0.05) is 5.56 Å². The maximum Gasteiger partial charge on any atom is 0.151 e. The van der Waals surface area contributed by atoms with E-state index in [0.717, 1.165) is 0 Å². The highest BCUT2D eigenvalue weighted by atomic mass is 35.5. The number of nitrogens with two attached hydrogens (primary N) is 1. The molecule has 0 fully saturated rings. The van der Waals surface area contributed by atoms with Gasteiger partial charge in [-0.2, -0.15) is 0 Å². The molecule has 0 saturated carbocycles. The van der Waals surface area contributed by atoms with Gasteiger partial charge >= 0.3 is 0 Å². The van der Waals surface area contributed by atoms with Crippen molar-refractivity contribution in [2.75, 3.05) is 5.73 Å². The van der Waals surface area contributed by atoms with Gasteiger partial charge in [0.2, 0.25) is 0 Å². The van der Waals surface area contributed by atoms with Crippen LogP contribution in [0.5, 0.6) is 0 Å². The van der Waals surface area contributed by atoms with Crippen LogP contribution in [-0.4, -0.2) is 0 Å². The summed E-state index contributed by atoms with van der Waals surface area (Å²) in [5.74, 6) is -0.539. The molecule has 0 heterocycles. The molecule has 0 atom stereocenters. The Balaban J connectivity index is 3.17. The first-order valence-corrected chi connectivity index (χ1v) is 3.82. The Morgan fingerprint density at radius 3 is 2.45 bits per heavy atom. The molecule has 1 nitrogen and oxygen atoms in total. The van der Waals surface area contributed by atoms with E-state index in [9.17, 15) is 4.39 Å². The third kappa shape index (κ3) is 1.76. The Kier molecular flexibility index (Phi) is 2.58. The van der Waals surface area contributed by atoms with Crippen molar-refractivity contribution in [3.05, 3.63) is 29.6 Å². The molecular formula is C7H6Cl2FN. The third-order valence-corrected chi connectivity index (χ3v) is 1.76. The summed E-state index contributed by atoms with van der Waals surface area (Å²) in [5.41, 5.74) is 5.55. The van der Waals surface area contributed by atoms with Crippen LogP contribution in [0.4, 0.5) is 10.1 Å². The maximum atomic E-state index is 13.0. The monoisotopic (exact) mass is 193 g/mol. The van der Waals surface area contributed by atoms with E-state index in [-0.39, 0.29) is 11.3 Å². The first kappa shape index (κ1) is 8.62. The fourth-order valence-electron chi connectivity index (χ4n) is 0.737. The molecule has 0 amide bonds. The minimum Gasteiger partial charge on any atom is -0.396 e. The van der Waals surface area contributed by atoms with Crippen LogP contribution in [0.3, 0.4) is 0 Å².